The second-order valence-corrected chi connectivity index (χ2v) is 6.06. The maximum Gasteiger partial charge on any atom is 0.0324 e. The van der Waals surface area contributed by atoms with E-state index in [0.717, 1.165) is 5.92 Å². The molecule has 1 nitrogen and oxygen atoms in total. The van der Waals surface area contributed by atoms with Gasteiger partial charge in [0.25, 0.3) is 0 Å². The number of rotatable bonds is 2. The number of halogens is 2. The van der Waals surface area contributed by atoms with Crippen LogP contribution in [0, 0.1) is 13.1 Å². The molecule has 0 aliphatic heterocycles. The van der Waals surface area contributed by atoms with Gasteiger partial charge in [-0.05, 0) is 87.7 Å². The molecule has 1 atom stereocenters. The van der Waals surface area contributed by atoms with Crippen molar-refractivity contribution in [3.63, 3.8) is 0 Å². The lowest BCUT2D eigenvalue weighted by molar-refractivity contribution is 0.633. The van der Waals surface area contributed by atoms with Crippen LogP contribution in [-0.4, -0.2) is 0 Å². The van der Waals surface area contributed by atoms with Crippen LogP contribution in [0.2, 0.25) is 0 Å². The van der Waals surface area contributed by atoms with E-state index in [1.54, 1.807) is 0 Å². The van der Waals surface area contributed by atoms with Crippen molar-refractivity contribution >= 4 is 45.2 Å². The smallest absolute Gasteiger partial charge is 0.0324 e. The number of hydrogen-bond donors (Lipinski definition) is 1. The van der Waals surface area contributed by atoms with Crippen LogP contribution in [0.5, 0.6) is 0 Å². The average Bonchev–Trinajstić information content (AvgIpc) is 2.83. The van der Waals surface area contributed by atoms with E-state index in [2.05, 4.69) is 63.4 Å². The normalized spacial score (nSPS) is 18.7. The highest BCUT2D eigenvalue weighted by Gasteiger charge is 2.29. The van der Waals surface area contributed by atoms with Gasteiger partial charge in [-0.2, -0.15) is 0 Å². The van der Waals surface area contributed by atoms with E-state index in [-0.39, 0.29) is 6.04 Å². The fourth-order valence-corrected chi connectivity index (χ4v) is 3.48. The first kappa shape index (κ1) is 10.2. The summed E-state index contributed by atoms with van der Waals surface area (Å²) in [6.45, 7) is 0. The molecule has 1 fully saturated rings. The molecule has 0 saturated heterocycles. The molecule has 0 unspecified atom stereocenters. The molecule has 0 amide bonds. The Morgan fingerprint density at radius 1 is 1.15 bits per heavy atom. The number of hydrogen-bond acceptors (Lipinski definition) is 1. The molecule has 1 saturated carbocycles. The third kappa shape index (κ3) is 2.56. The van der Waals surface area contributed by atoms with Crippen molar-refractivity contribution in [2.24, 2.45) is 11.7 Å². The summed E-state index contributed by atoms with van der Waals surface area (Å²) in [5.74, 6) is 0.744. The van der Waals surface area contributed by atoms with E-state index in [1.165, 1.54) is 25.5 Å². The van der Waals surface area contributed by atoms with Crippen LogP contribution in [0.1, 0.15) is 24.4 Å². The third-order valence-corrected chi connectivity index (χ3v) is 3.65. The van der Waals surface area contributed by atoms with Crippen LogP contribution in [0.25, 0.3) is 0 Å². The van der Waals surface area contributed by atoms with Gasteiger partial charge in [-0.25, -0.2) is 0 Å². The summed E-state index contributed by atoms with van der Waals surface area (Å²) in [5, 5.41) is 0. The summed E-state index contributed by atoms with van der Waals surface area (Å²) in [6.07, 6.45) is 2.62. The van der Waals surface area contributed by atoms with Crippen molar-refractivity contribution in [3.8, 4) is 0 Å². The lowest BCUT2D eigenvalue weighted by Gasteiger charge is -2.11. The first-order chi connectivity index (χ1) is 6.16. The van der Waals surface area contributed by atoms with Crippen molar-refractivity contribution in [1.82, 2.24) is 0 Å². The number of nitrogens with two attached hydrogens (primary N) is 1. The zero-order chi connectivity index (χ0) is 9.42. The van der Waals surface area contributed by atoms with Gasteiger partial charge >= 0.3 is 0 Å². The van der Waals surface area contributed by atoms with Crippen molar-refractivity contribution in [1.29, 1.82) is 0 Å². The van der Waals surface area contributed by atoms with Crippen molar-refractivity contribution in [2.45, 2.75) is 18.9 Å². The maximum absolute atomic E-state index is 6.13. The van der Waals surface area contributed by atoms with E-state index < -0.39 is 0 Å². The Labute approximate surface area is 106 Å². The Kier molecular flexibility index (Phi) is 3.14. The molecule has 70 valence electrons. The van der Waals surface area contributed by atoms with Crippen LogP contribution in [0.15, 0.2) is 18.2 Å². The Morgan fingerprint density at radius 3 is 2.15 bits per heavy atom. The van der Waals surface area contributed by atoms with Gasteiger partial charge in [0, 0.05) is 13.2 Å². The SMILES string of the molecule is N[C@@H](c1cc(I)cc(I)c1)C1CC1. The molecular weight excluding hydrogens is 388 g/mol. The Bertz CT molecular complexity index is 300. The summed E-state index contributed by atoms with van der Waals surface area (Å²) in [5.41, 5.74) is 7.44. The van der Waals surface area contributed by atoms with Crippen LogP contribution in [-0.2, 0) is 0 Å². The fraction of sp³-hybridized carbons (Fsp3) is 0.400. The minimum atomic E-state index is 0.267. The van der Waals surface area contributed by atoms with Gasteiger partial charge in [0.05, 0.1) is 0 Å². The third-order valence-electron chi connectivity index (χ3n) is 2.40. The lowest BCUT2D eigenvalue weighted by atomic mass is 10.0. The van der Waals surface area contributed by atoms with E-state index in [9.17, 15) is 0 Å². The molecule has 1 aromatic rings. The highest BCUT2D eigenvalue weighted by molar-refractivity contribution is 14.1. The monoisotopic (exact) mass is 399 g/mol. The van der Waals surface area contributed by atoms with Gasteiger partial charge in [-0.15, -0.1) is 0 Å². The summed E-state index contributed by atoms with van der Waals surface area (Å²) in [4.78, 5) is 0. The molecule has 1 aliphatic rings. The predicted molar refractivity (Wildman–Crippen MR) is 71.5 cm³/mol. The lowest BCUT2D eigenvalue weighted by Crippen LogP contribution is -2.12. The largest absolute Gasteiger partial charge is 0.324 e. The summed E-state index contributed by atoms with van der Waals surface area (Å²) in [7, 11) is 0. The first-order valence-electron chi connectivity index (χ1n) is 4.38. The molecule has 13 heavy (non-hydrogen) atoms. The first-order valence-corrected chi connectivity index (χ1v) is 6.54. The second-order valence-electron chi connectivity index (χ2n) is 3.57. The number of benzene rings is 1. The Morgan fingerprint density at radius 2 is 1.69 bits per heavy atom. The fourth-order valence-electron chi connectivity index (χ4n) is 1.50. The highest BCUT2D eigenvalue weighted by atomic mass is 127. The predicted octanol–water partition coefficient (Wildman–Crippen LogP) is 3.31. The van der Waals surface area contributed by atoms with Crippen LogP contribution >= 0.6 is 45.2 Å². The van der Waals surface area contributed by atoms with Gasteiger partial charge < -0.3 is 5.73 Å². The highest BCUT2D eigenvalue weighted by Crippen LogP contribution is 2.39. The minimum Gasteiger partial charge on any atom is -0.324 e. The van der Waals surface area contributed by atoms with Crippen LogP contribution < -0.4 is 5.73 Å². The zero-order valence-corrected chi connectivity index (χ0v) is 11.4. The minimum absolute atomic E-state index is 0.267. The molecule has 2 rings (SSSR count). The zero-order valence-electron chi connectivity index (χ0n) is 7.13. The molecule has 1 aliphatic carbocycles. The second kappa shape index (κ2) is 4.02. The Hall–Kier alpha value is 0.640. The molecule has 1 aromatic carbocycles. The quantitative estimate of drug-likeness (QED) is 0.760. The van der Waals surface area contributed by atoms with Crippen LogP contribution in [0.3, 0.4) is 0 Å². The topological polar surface area (TPSA) is 26.0 Å². The standard InChI is InChI=1S/C10H11I2N/c11-8-3-7(4-9(12)5-8)10(13)6-1-2-6/h3-6,10H,1-2,13H2/t10-/m1/s1. The van der Waals surface area contributed by atoms with Crippen molar-refractivity contribution in [3.05, 3.63) is 30.9 Å². The van der Waals surface area contributed by atoms with Gasteiger partial charge in [0.15, 0.2) is 0 Å². The van der Waals surface area contributed by atoms with Gasteiger partial charge in [-0.1, -0.05) is 0 Å². The summed E-state index contributed by atoms with van der Waals surface area (Å²) < 4.78 is 2.58. The van der Waals surface area contributed by atoms with Gasteiger partial charge in [0.1, 0.15) is 0 Å². The van der Waals surface area contributed by atoms with Gasteiger partial charge in [0.2, 0.25) is 0 Å². The van der Waals surface area contributed by atoms with Gasteiger partial charge in [-0.3, -0.25) is 0 Å². The molecule has 0 aromatic heterocycles. The molecule has 3 heteroatoms. The van der Waals surface area contributed by atoms with Crippen molar-refractivity contribution < 1.29 is 0 Å². The van der Waals surface area contributed by atoms with E-state index >= 15 is 0 Å². The molecule has 2 N–H and O–H groups in total. The molecule has 0 spiro atoms. The summed E-state index contributed by atoms with van der Waals surface area (Å²) in [6, 6.07) is 6.84. The van der Waals surface area contributed by atoms with E-state index in [4.69, 9.17) is 5.73 Å². The molecule has 0 heterocycles. The molecule has 0 radical (unpaired) electrons. The average molecular weight is 399 g/mol. The Balaban J connectivity index is 2.27. The van der Waals surface area contributed by atoms with E-state index in [1.807, 2.05) is 0 Å². The van der Waals surface area contributed by atoms with E-state index in [0.29, 0.717) is 0 Å². The molecular formula is C10H11I2N. The molecule has 0 bridgehead atoms. The van der Waals surface area contributed by atoms with Crippen LogP contribution in [0.4, 0.5) is 0 Å². The maximum atomic E-state index is 6.13. The van der Waals surface area contributed by atoms with Crippen molar-refractivity contribution in [2.75, 3.05) is 0 Å². The summed E-state index contributed by atoms with van der Waals surface area (Å²) >= 11 is 4.70.